The average Bonchev–Trinajstić information content (AvgIpc) is 3.18. The molecular formula is C22H18N4O3S2. The highest BCUT2D eigenvalue weighted by molar-refractivity contribution is 7.91. The lowest BCUT2D eigenvalue weighted by atomic mass is 10.2. The summed E-state index contributed by atoms with van der Waals surface area (Å²) < 4.78 is 32.7. The molecule has 0 aliphatic rings. The molecule has 3 aromatic carbocycles. The Morgan fingerprint density at radius 2 is 1.74 bits per heavy atom. The molecule has 9 heteroatoms. The Balaban J connectivity index is 1.37. The van der Waals surface area contributed by atoms with E-state index in [4.69, 9.17) is 16.6 Å². The molecule has 0 amide bonds. The molecule has 4 aromatic rings. The zero-order valence-electron chi connectivity index (χ0n) is 16.4. The van der Waals surface area contributed by atoms with Crippen molar-refractivity contribution in [3.63, 3.8) is 0 Å². The van der Waals surface area contributed by atoms with Gasteiger partial charge in [0.1, 0.15) is 5.52 Å². The Hall–Kier alpha value is -3.56. The monoisotopic (exact) mass is 450 g/mol. The molecule has 156 valence electrons. The highest BCUT2D eigenvalue weighted by atomic mass is 32.2. The fraction of sp³-hybridized carbons (Fsp3) is 0.0455. The highest BCUT2D eigenvalue weighted by Crippen LogP contribution is 2.25. The molecule has 0 aliphatic heterocycles. The number of thiocarbonyl (C=S) groups is 1. The van der Waals surface area contributed by atoms with E-state index in [1.54, 1.807) is 12.1 Å². The SMILES string of the molecule is Cc1ccc(S(=O)(=O)NC(=S)/N=C\Nc2ccc(-c3nc4ccccc4o3)cc2)cc1. The van der Waals surface area contributed by atoms with Gasteiger partial charge in [-0.05, 0) is 67.7 Å². The zero-order valence-corrected chi connectivity index (χ0v) is 18.1. The van der Waals surface area contributed by atoms with Gasteiger partial charge in [0.05, 0.1) is 11.2 Å². The first-order valence-electron chi connectivity index (χ1n) is 9.29. The van der Waals surface area contributed by atoms with Crippen LogP contribution in [0, 0.1) is 6.92 Å². The summed E-state index contributed by atoms with van der Waals surface area (Å²) in [6.07, 6.45) is 1.33. The Labute approximate surface area is 184 Å². The Kier molecular flexibility index (Phi) is 5.79. The van der Waals surface area contributed by atoms with Crippen LogP contribution in [0.3, 0.4) is 0 Å². The predicted molar refractivity (Wildman–Crippen MR) is 126 cm³/mol. The molecular weight excluding hydrogens is 432 g/mol. The molecule has 2 N–H and O–H groups in total. The number of nitrogens with one attached hydrogen (secondary N) is 2. The maximum Gasteiger partial charge on any atom is 0.263 e. The minimum Gasteiger partial charge on any atom is -0.436 e. The van der Waals surface area contributed by atoms with Crippen molar-refractivity contribution in [2.24, 2.45) is 4.99 Å². The number of aromatic nitrogens is 1. The second-order valence-corrected chi connectivity index (χ2v) is 8.76. The van der Waals surface area contributed by atoms with Crippen LogP contribution >= 0.6 is 12.2 Å². The van der Waals surface area contributed by atoms with Crippen molar-refractivity contribution in [3.8, 4) is 11.5 Å². The van der Waals surface area contributed by atoms with Crippen LogP contribution in [0.15, 0.2) is 87.1 Å². The third-order valence-electron chi connectivity index (χ3n) is 4.39. The second kappa shape index (κ2) is 8.66. The topological polar surface area (TPSA) is 96.6 Å². The third-order valence-corrected chi connectivity index (χ3v) is 6.08. The van der Waals surface area contributed by atoms with E-state index in [2.05, 4.69) is 20.0 Å². The molecule has 0 unspecified atom stereocenters. The minimum atomic E-state index is -3.77. The predicted octanol–water partition coefficient (Wildman–Crippen LogP) is 4.51. The number of benzene rings is 3. The Bertz CT molecular complexity index is 1330. The van der Waals surface area contributed by atoms with Gasteiger partial charge in [-0.2, -0.15) is 0 Å². The fourth-order valence-corrected chi connectivity index (χ4v) is 4.06. The van der Waals surface area contributed by atoms with Gasteiger partial charge in [-0.15, -0.1) is 0 Å². The van der Waals surface area contributed by atoms with Crippen molar-refractivity contribution in [3.05, 3.63) is 78.4 Å². The van der Waals surface area contributed by atoms with Crippen molar-refractivity contribution in [2.75, 3.05) is 5.32 Å². The minimum absolute atomic E-state index is 0.124. The van der Waals surface area contributed by atoms with Gasteiger partial charge in [-0.3, -0.25) is 4.72 Å². The van der Waals surface area contributed by atoms with Gasteiger partial charge < -0.3 is 9.73 Å². The van der Waals surface area contributed by atoms with Crippen LogP contribution in [0.2, 0.25) is 0 Å². The number of rotatable bonds is 5. The molecule has 4 rings (SSSR count). The van der Waals surface area contributed by atoms with Gasteiger partial charge in [0.15, 0.2) is 5.58 Å². The second-order valence-electron chi connectivity index (χ2n) is 6.69. The first-order valence-corrected chi connectivity index (χ1v) is 11.2. The molecule has 31 heavy (non-hydrogen) atoms. The van der Waals surface area contributed by atoms with Crippen LogP contribution in [0.4, 0.5) is 5.69 Å². The summed E-state index contributed by atoms with van der Waals surface area (Å²) in [6.45, 7) is 1.88. The average molecular weight is 451 g/mol. The third kappa shape index (κ3) is 4.96. The van der Waals surface area contributed by atoms with Gasteiger partial charge in [0.25, 0.3) is 10.0 Å². The Morgan fingerprint density at radius 1 is 1.03 bits per heavy atom. The molecule has 1 heterocycles. The van der Waals surface area contributed by atoms with Crippen LogP contribution < -0.4 is 10.0 Å². The fourth-order valence-electron chi connectivity index (χ4n) is 2.79. The number of aliphatic imine (C=N–C) groups is 1. The van der Waals surface area contributed by atoms with Crippen LogP contribution in [-0.4, -0.2) is 24.9 Å². The number of hydrogen-bond donors (Lipinski definition) is 2. The zero-order chi connectivity index (χ0) is 21.8. The summed E-state index contributed by atoms with van der Waals surface area (Å²) in [7, 11) is -3.77. The molecule has 1 aromatic heterocycles. The summed E-state index contributed by atoms with van der Waals surface area (Å²) in [4.78, 5) is 8.52. The number of nitrogens with zero attached hydrogens (tertiary/aromatic N) is 2. The van der Waals surface area contributed by atoms with Crippen molar-refractivity contribution >= 4 is 50.5 Å². The number of anilines is 1. The van der Waals surface area contributed by atoms with Crippen molar-refractivity contribution in [1.29, 1.82) is 0 Å². The first kappa shape index (κ1) is 20.7. The molecule has 0 radical (unpaired) electrons. The summed E-state index contributed by atoms with van der Waals surface area (Å²) in [6, 6.07) is 21.4. The molecule has 0 spiro atoms. The lowest BCUT2D eigenvalue weighted by molar-refractivity contribution is 0.592. The lowest BCUT2D eigenvalue weighted by Crippen LogP contribution is -2.28. The standard InChI is InChI=1S/C22H18N4O3S2/c1-15-6-12-18(13-7-15)31(27,28)26-22(30)24-14-23-17-10-8-16(9-11-17)21-25-19-4-2-3-5-20(19)29-21/h2-14H,1H3,(H2,23,24,26,30). The molecule has 0 atom stereocenters. The normalized spacial score (nSPS) is 11.6. The summed E-state index contributed by atoms with van der Waals surface area (Å²) in [5, 5.41) is 2.78. The highest BCUT2D eigenvalue weighted by Gasteiger charge is 2.14. The molecule has 0 saturated heterocycles. The smallest absolute Gasteiger partial charge is 0.263 e. The van der Waals surface area contributed by atoms with Crippen molar-refractivity contribution in [2.45, 2.75) is 11.8 Å². The number of para-hydroxylation sites is 2. The van der Waals surface area contributed by atoms with E-state index in [1.165, 1.54) is 18.5 Å². The van der Waals surface area contributed by atoms with E-state index in [0.717, 1.165) is 27.9 Å². The maximum atomic E-state index is 12.3. The van der Waals surface area contributed by atoms with Crippen LogP contribution in [0.25, 0.3) is 22.6 Å². The maximum absolute atomic E-state index is 12.3. The number of hydrogen-bond acceptors (Lipinski definition) is 5. The van der Waals surface area contributed by atoms with Gasteiger partial charge in [0.2, 0.25) is 11.0 Å². The number of oxazole rings is 1. The van der Waals surface area contributed by atoms with E-state index < -0.39 is 10.0 Å². The van der Waals surface area contributed by atoms with Crippen molar-refractivity contribution < 1.29 is 12.8 Å². The molecule has 0 aliphatic carbocycles. The van der Waals surface area contributed by atoms with Gasteiger partial charge in [-0.25, -0.2) is 18.4 Å². The summed E-state index contributed by atoms with van der Waals surface area (Å²) in [5.41, 5.74) is 4.07. The summed E-state index contributed by atoms with van der Waals surface area (Å²) >= 11 is 5.01. The Morgan fingerprint density at radius 3 is 2.45 bits per heavy atom. The largest absolute Gasteiger partial charge is 0.436 e. The number of sulfonamides is 1. The van der Waals surface area contributed by atoms with Gasteiger partial charge in [-0.1, -0.05) is 29.8 Å². The first-order chi connectivity index (χ1) is 14.9. The van der Waals surface area contributed by atoms with E-state index >= 15 is 0 Å². The van der Waals surface area contributed by atoms with E-state index in [1.807, 2.05) is 55.5 Å². The number of fused-ring (bicyclic) bond motifs is 1. The van der Waals surface area contributed by atoms with Crippen molar-refractivity contribution in [1.82, 2.24) is 9.71 Å². The summed E-state index contributed by atoms with van der Waals surface area (Å²) in [5.74, 6) is 0.535. The van der Waals surface area contributed by atoms with Crippen LogP contribution in [0.5, 0.6) is 0 Å². The van der Waals surface area contributed by atoms with E-state index in [-0.39, 0.29) is 10.0 Å². The van der Waals surface area contributed by atoms with Gasteiger partial charge in [0, 0.05) is 11.3 Å². The quantitative estimate of drug-likeness (QED) is 0.264. The molecule has 0 saturated carbocycles. The molecule has 0 fully saturated rings. The molecule has 0 bridgehead atoms. The lowest BCUT2D eigenvalue weighted by Gasteiger charge is -2.06. The van der Waals surface area contributed by atoms with Gasteiger partial charge >= 0.3 is 0 Å². The van der Waals surface area contributed by atoms with E-state index in [9.17, 15) is 8.42 Å². The van der Waals surface area contributed by atoms with Crippen LogP contribution in [-0.2, 0) is 10.0 Å². The van der Waals surface area contributed by atoms with Crippen LogP contribution in [0.1, 0.15) is 5.56 Å². The molecule has 7 nitrogen and oxygen atoms in total. The van der Waals surface area contributed by atoms with E-state index in [0.29, 0.717) is 5.89 Å². The number of aryl methyl sites for hydroxylation is 1.